The Hall–Kier alpha value is -0.980. The monoisotopic (exact) mass is 273 g/mol. The van der Waals surface area contributed by atoms with Crippen LogP contribution >= 0.6 is 0 Å². The molecule has 0 aromatic heterocycles. The molecule has 0 amide bonds. The third-order valence-electron chi connectivity index (χ3n) is 3.10. The lowest BCUT2D eigenvalue weighted by Gasteiger charge is -2.23. The smallest absolute Gasteiger partial charge is 0.243 e. The molecule has 1 saturated heterocycles. The number of sulfonamides is 1. The normalized spacial score (nSPS) is 21.3. The quantitative estimate of drug-likeness (QED) is 0.837. The number of ether oxygens (including phenoxy) is 1. The molecule has 0 spiro atoms. The Morgan fingerprint density at radius 1 is 1.39 bits per heavy atom. The number of hydrogen-bond acceptors (Lipinski definition) is 3. The van der Waals surface area contributed by atoms with E-state index in [9.17, 15) is 12.8 Å². The van der Waals surface area contributed by atoms with Gasteiger partial charge in [-0.25, -0.2) is 12.8 Å². The summed E-state index contributed by atoms with van der Waals surface area (Å²) in [5.41, 5.74) is 0. The van der Waals surface area contributed by atoms with Crippen LogP contribution in [0.1, 0.15) is 12.8 Å². The van der Waals surface area contributed by atoms with E-state index in [-0.39, 0.29) is 10.9 Å². The van der Waals surface area contributed by atoms with Gasteiger partial charge in [-0.15, -0.1) is 0 Å². The predicted molar refractivity (Wildman–Crippen MR) is 65.2 cm³/mol. The number of halogens is 1. The van der Waals surface area contributed by atoms with E-state index in [2.05, 4.69) is 0 Å². The molecular formula is C12H16FNO3S. The van der Waals surface area contributed by atoms with Crippen LogP contribution in [0.25, 0.3) is 0 Å². The van der Waals surface area contributed by atoms with Crippen molar-refractivity contribution in [2.45, 2.75) is 23.8 Å². The molecular weight excluding hydrogens is 257 g/mol. The van der Waals surface area contributed by atoms with Crippen LogP contribution in [0.5, 0.6) is 0 Å². The van der Waals surface area contributed by atoms with Crippen molar-refractivity contribution < 1.29 is 17.5 Å². The zero-order chi connectivity index (χ0) is 13.2. The zero-order valence-corrected chi connectivity index (χ0v) is 11.0. The molecule has 1 aromatic rings. The van der Waals surface area contributed by atoms with Crippen LogP contribution in [-0.2, 0) is 14.8 Å². The molecule has 1 unspecified atom stereocenters. The summed E-state index contributed by atoms with van der Waals surface area (Å²) in [6, 6.07) is 4.80. The van der Waals surface area contributed by atoms with Crippen molar-refractivity contribution in [1.82, 2.24) is 4.31 Å². The largest absolute Gasteiger partial charge is 0.383 e. The van der Waals surface area contributed by atoms with E-state index in [1.54, 1.807) is 7.11 Å². The van der Waals surface area contributed by atoms with Gasteiger partial charge in [0.15, 0.2) is 0 Å². The molecule has 0 saturated carbocycles. The van der Waals surface area contributed by atoms with Crippen LogP contribution in [0.2, 0.25) is 0 Å². The molecule has 0 radical (unpaired) electrons. The second kappa shape index (κ2) is 5.34. The highest BCUT2D eigenvalue weighted by atomic mass is 32.2. The Bertz CT molecular complexity index is 501. The minimum absolute atomic E-state index is 0.120. The molecule has 100 valence electrons. The van der Waals surface area contributed by atoms with Gasteiger partial charge >= 0.3 is 0 Å². The summed E-state index contributed by atoms with van der Waals surface area (Å²) in [5.74, 6) is -0.441. The van der Waals surface area contributed by atoms with Crippen molar-refractivity contribution in [3.05, 3.63) is 30.1 Å². The molecule has 1 aliphatic heterocycles. The molecule has 1 aliphatic rings. The first-order chi connectivity index (χ1) is 8.55. The van der Waals surface area contributed by atoms with E-state index >= 15 is 0 Å². The highest BCUT2D eigenvalue weighted by Gasteiger charge is 2.35. The van der Waals surface area contributed by atoms with Crippen molar-refractivity contribution in [2.75, 3.05) is 20.3 Å². The first-order valence-corrected chi connectivity index (χ1v) is 7.26. The van der Waals surface area contributed by atoms with Crippen molar-refractivity contribution in [3.8, 4) is 0 Å². The Kier molecular flexibility index (Phi) is 3.99. The van der Waals surface area contributed by atoms with Gasteiger partial charge in [0, 0.05) is 19.7 Å². The van der Waals surface area contributed by atoms with Gasteiger partial charge in [0.25, 0.3) is 0 Å². The van der Waals surface area contributed by atoms with Crippen LogP contribution in [-0.4, -0.2) is 39.0 Å². The molecule has 0 bridgehead atoms. The molecule has 2 rings (SSSR count). The van der Waals surface area contributed by atoms with E-state index < -0.39 is 15.8 Å². The number of methoxy groups -OCH3 is 1. The number of benzene rings is 1. The maximum absolute atomic E-state index is 12.8. The van der Waals surface area contributed by atoms with Crippen molar-refractivity contribution in [2.24, 2.45) is 0 Å². The molecule has 6 heteroatoms. The van der Waals surface area contributed by atoms with Gasteiger partial charge in [0.2, 0.25) is 10.0 Å². The zero-order valence-electron chi connectivity index (χ0n) is 10.2. The van der Waals surface area contributed by atoms with Crippen LogP contribution in [0, 0.1) is 5.82 Å². The summed E-state index contributed by atoms with van der Waals surface area (Å²) >= 11 is 0. The summed E-state index contributed by atoms with van der Waals surface area (Å²) in [6.07, 6.45) is 1.63. The third-order valence-corrected chi connectivity index (χ3v) is 5.07. The Morgan fingerprint density at radius 2 is 2.06 bits per heavy atom. The molecule has 1 fully saturated rings. The van der Waals surface area contributed by atoms with Crippen LogP contribution < -0.4 is 0 Å². The highest BCUT2D eigenvalue weighted by Crippen LogP contribution is 2.26. The fraction of sp³-hybridized carbons (Fsp3) is 0.500. The maximum atomic E-state index is 12.8. The van der Waals surface area contributed by atoms with Crippen molar-refractivity contribution in [3.63, 3.8) is 0 Å². The van der Waals surface area contributed by atoms with E-state index in [0.717, 1.165) is 25.0 Å². The lowest BCUT2D eigenvalue weighted by Crippen LogP contribution is -2.38. The fourth-order valence-corrected chi connectivity index (χ4v) is 3.91. The second-order valence-electron chi connectivity index (χ2n) is 4.32. The van der Waals surface area contributed by atoms with Gasteiger partial charge in [-0.3, -0.25) is 0 Å². The second-order valence-corrected chi connectivity index (χ2v) is 6.21. The van der Waals surface area contributed by atoms with Gasteiger partial charge in [0.05, 0.1) is 11.5 Å². The predicted octanol–water partition coefficient (Wildman–Crippen LogP) is 1.63. The molecule has 0 aliphatic carbocycles. The van der Waals surface area contributed by atoms with E-state index in [0.29, 0.717) is 13.2 Å². The number of rotatable bonds is 4. The molecule has 4 nitrogen and oxygen atoms in total. The minimum Gasteiger partial charge on any atom is -0.383 e. The van der Waals surface area contributed by atoms with Gasteiger partial charge in [0.1, 0.15) is 5.82 Å². The summed E-state index contributed by atoms with van der Waals surface area (Å²) in [5, 5.41) is 0. The Balaban J connectivity index is 2.27. The van der Waals surface area contributed by atoms with Crippen molar-refractivity contribution >= 4 is 10.0 Å². The SMILES string of the molecule is COCC1CCCN1S(=O)(=O)c1ccc(F)cc1. The molecule has 0 N–H and O–H groups in total. The third kappa shape index (κ3) is 2.55. The topological polar surface area (TPSA) is 46.6 Å². The maximum Gasteiger partial charge on any atom is 0.243 e. The van der Waals surface area contributed by atoms with E-state index in [4.69, 9.17) is 4.74 Å². The first kappa shape index (κ1) is 13.5. The summed E-state index contributed by atoms with van der Waals surface area (Å²) < 4.78 is 44.1. The first-order valence-electron chi connectivity index (χ1n) is 5.82. The van der Waals surface area contributed by atoms with Gasteiger partial charge < -0.3 is 4.74 Å². The minimum atomic E-state index is -3.54. The number of nitrogens with zero attached hydrogens (tertiary/aromatic N) is 1. The van der Waals surface area contributed by atoms with Gasteiger partial charge in [-0.05, 0) is 37.1 Å². The standard InChI is InChI=1S/C12H16FNO3S/c1-17-9-11-3-2-8-14(11)18(15,16)12-6-4-10(13)5-7-12/h4-7,11H,2-3,8-9H2,1H3. The van der Waals surface area contributed by atoms with Crippen molar-refractivity contribution in [1.29, 1.82) is 0 Å². The van der Waals surface area contributed by atoms with Gasteiger partial charge in [-0.2, -0.15) is 4.31 Å². The van der Waals surface area contributed by atoms with E-state index in [1.807, 2.05) is 0 Å². The lowest BCUT2D eigenvalue weighted by atomic mass is 10.2. The Labute approximate surface area is 106 Å². The molecule has 1 heterocycles. The number of hydrogen-bond donors (Lipinski definition) is 0. The average Bonchev–Trinajstić information content (AvgIpc) is 2.79. The van der Waals surface area contributed by atoms with E-state index in [1.165, 1.54) is 16.4 Å². The Morgan fingerprint density at radius 3 is 2.67 bits per heavy atom. The molecule has 1 aromatic carbocycles. The summed E-state index contributed by atoms with van der Waals surface area (Å²) in [6.45, 7) is 0.883. The molecule has 1 atom stereocenters. The van der Waals surface area contributed by atoms with Gasteiger partial charge in [-0.1, -0.05) is 0 Å². The fourth-order valence-electron chi connectivity index (χ4n) is 2.23. The van der Waals surface area contributed by atoms with Crippen LogP contribution in [0.15, 0.2) is 29.2 Å². The summed E-state index contributed by atoms with van der Waals surface area (Å²) in [7, 11) is -1.98. The average molecular weight is 273 g/mol. The van der Waals surface area contributed by atoms with Crippen LogP contribution in [0.3, 0.4) is 0 Å². The highest BCUT2D eigenvalue weighted by molar-refractivity contribution is 7.89. The molecule has 18 heavy (non-hydrogen) atoms. The summed E-state index contributed by atoms with van der Waals surface area (Å²) in [4.78, 5) is 0.131. The van der Waals surface area contributed by atoms with Crippen LogP contribution in [0.4, 0.5) is 4.39 Å². The lowest BCUT2D eigenvalue weighted by molar-refractivity contribution is 0.149.